The minimum absolute atomic E-state index is 0.00102. The number of aliphatic hydroxyl groups is 1. The van der Waals surface area contributed by atoms with Crippen LogP contribution in [0.2, 0.25) is 0 Å². The van der Waals surface area contributed by atoms with Crippen molar-refractivity contribution in [3.8, 4) is 0 Å². The molecule has 3 aromatic rings. The van der Waals surface area contributed by atoms with Gasteiger partial charge in [0.2, 0.25) is 5.13 Å². The molecule has 1 heterocycles. The highest BCUT2D eigenvalue weighted by atomic mass is 32.1. The number of carbonyl (C=O) groups excluding carboxylic acids is 1. The average molecular weight is 377 g/mol. The van der Waals surface area contributed by atoms with Crippen LogP contribution in [0.25, 0.3) is 16.0 Å². The molecule has 2 aromatic carbocycles. The van der Waals surface area contributed by atoms with E-state index in [-0.39, 0.29) is 23.0 Å². The monoisotopic (exact) mass is 377 g/mol. The summed E-state index contributed by atoms with van der Waals surface area (Å²) in [7, 11) is 0. The van der Waals surface area contributed by atoms with Crippen LogP contribution in [0.4, 0.5) is 5.13 Å². The van der Waals surface area contributed by atoms with Gasteiger partial charge in [0.05, 0.1) is 21.5 Å². The van der Waals surface area contributed by atoms with E-state index in [1.54, 1.807) is 18.2 Å². The summed E-state index contributed by atoms with van der Waals surface area (Å²) in [5, 5.41) is 15.8. The van der Waals surface area contributed by atoms with Crippen molar-refractivity contribution >= 4 is 43.9 Å². The molecule has 1 aromatic heterocycles. The standard InChI is InChI=1S/C21H19N3O2S/c1-12(2)11-16(18-19(25)13-7-3-4-8-14(13)20(18)26)23-24-21-22-15-9-5-6-10-17(15)27-21/h3-10,12,25H,11H2,1-2H3,(H,22,24). The van der Waals surface area contributed by atoms with Crippen LogP contribution in [0.1, 0.15) is 36.2 Å². The number of aliphatic hydroxyl groups excluding tert-OH is 1. The molecule has 27 heavy (non-hydrogen) atoms. The number of para-hydroxylation sites is 1. The number of thiazole rings is 1. The number of Topliss-reactive ketones (excluding diaryl/α,β-unsaturated/α-hetero) is 1. The lowest BCUT2D eigenvalue weighted by atomic mass is 9.98. The van der Waals surface area contributed by atoms with Crippen molar-refractivity contribution < 1.29 is 9.90 Å². The Balaban J connectivity index is 1.70. The Labute approximate surface area is 161 Å². The van der Waals surface area contributed by atoms with E-state index in [0.29, 0.717) is 28.4 Å². The fraction of sp³-hybridized carbons (Fsp3) is 0.190. The normalized spacial score (nSPS) is 14.3. The minimum atomic E-state index is -0.186. The summed E-state index contributed by atoms with van der Waals surface area (Å²) in [4.78, 5) is 17.3. The maximum absolute atomic E-state index is 12.8. The van der Waals surface area contributed by atoms with Crippen molar-refractivity contribution in [2.75, 3.05) is 5.43 Å². The van der Waals surface area contributed by atoms with E-state index < -0.39 is 0 Å². The highest BCUT2D eigenvalue weighted by molar-refractivity contribution is 7.22. The van der Waals surface area contributed by atoms with Crippen molar-refractivity contribution in [2.24, 2.45) is 11.0 Å². The molecule has 0 amide bonds. The molecule has 0 atom stereocenters. The Morgan fingerprint density at radius 1 is 1.15 bits per heavy atom. The number of hydrazone groups is 1. The Hall–Kier alpha value is -2.99. The average Bonchev–Trinajstić information content (AvgIpc) is 3.18. The van der Waals surface area contributed by atoms with Crippen LogP contribution in [0.3, 0.4) is 0 Å². The second-order valence-corrected chi connectivity index (χ2v) is 7.88. The maximum atomic E-state index is 12.8. The number of allylic oxidation sites excluding steroid dienone is 1. The number of ketones is 1. The Morgan fingerprint density at radius 2 is 1.85 bits per heavy atom. The van der Waals surface area contributed by atoms with Gasteiger partial charge in [-0.05, 0) is 24.5 Å². The molecule has 0 saturated carbocycles. The summed E-state index contributed by atoms with van der Waals surface area (Å²) in [6.45, 7) is 4.11. The van der Waals surface area contributed by atoms with Crippen molar-refractivity contribution in [3.63, 3.8) is 0 Å². The molecule has 0 bridgehead atoms. The number of benzene rings is 2. The molecule has 1 aliphatic carbocycles. The number of hydrogen-bond acceptors (Lipinski definition) is 6. The van der Waals surface area contributed by atoms with Crippen LogP contribution in [0.15, 0.2) is 59.2 Å². The number of carbonyl (C=O) groups is 1. The van der Waals surface area contributed by atoms with Gasteiger partial charge in [-0.3, -0.25) is 10.2 Å². The molecule has 136 valence electrons. The van der Waals surface area contributed by atoms with Gasteiger partial charge in [-0.2, -0.15) is 5.10 Å². The van der Waals surface area contributed by atoms with Crippen LogP contribution in [-0.2, 0) is 0 Å². The Kier molecular flexibility index (Phi) is 4.49. The molecule has 0 fully saturated rings. The van der Waals surface area contributed by atoms with Crippen LogP contribution in [0, 0.1) is 5.92 Å². The van der Waals surface area contributed by atoms with Crippen molar-refractivity contribution in [2.45, 2.75) is 20.3 Å². The van der Waals surface area contributed by atoms with Gasteiger partial charge in [-0.1, -0.05) is 61.6 Å². The number of anilines is 1. The van der Waals surface area contributed by atoms with Gasteiger partial charge in [0, 0.05) is 11.1 Å². The summed E-state index contributed by atoms with van der Waals surface area (Å²) in [5.41, 5.74) is 5.78. The molecule has 4 rings (SSSR count). The SMILES string of the molecule is CC(C)CC(=NNc1nc2ccccc2s1)C1=C(O)c2ccccc2C1=O. The summed E-state index contributed by atoms with van der Waals surface area (Å²) in [6, 6.07) is 14.9. The topological polar surface area (TPSA) is 74.6 Å². The molecule has 0 saturated heterocycles. The summed E-state index contributed by atoms with van der Waals surface area (Å²) >= 11 is 1.50. The minimum Gasteiger partial charge on any atom is -0.506 e. The van der Waals surface area contributed by atoms with Gasteiger partial charge >= 0.3 is 0 Å². The highest BCUT2D eigenvalue weighted by Crippen LogP contribution is 2.33. The molecule has 0 spiro atoms. The molecule has 2 N–H and O–H groups in total. The zero-order chi connectivity index (χ0) is 19.0. The molecule has 1 aliphatic rings. The predicted octanol–water partition coefficient (Wildman–Crippen LogP) is 5.28. The highest BCUT2D eigenvalue weighted by Gasteiger charge is 2.32. The summed E-state index contributed by atoms with van der Waals surface area (Å²) in [6.07, 6.45) is 0.566. The van der Waals surface area contributed by atoms with Gasteiger partial charge < -0.3 is 5.11 Å². The zero-order valence-electron chi connectivity index (χ0n) is 15.1. The predicted molar refractivity (Wildman–Crippen MR) is 110 cm³/mol. The number of nitrogens with zero attached hydrogens (tertiary/aromatic N) is 2. The third kappa shape index (κ3) is 3.24. The number of fused-ring (bicyclic) bond motifs is 2. The second kappa shape index (κ2) is 6.96. The van der Waals surface area contributed by atoms with E-state index in [4.69, 9.17) is 0 Å². The Morgan fingerprint density at radius 3 is 2.56 bits per heavy atom. The number of aromatic nitrogens is 1. The largest absolute Gasteiger partial charge is 0.506 e. The van der Waals surface area contributed by atoms with Crippen molar-refractivity contribution in [1.29, 1.82) is 0 Å². The maximum Gasteiger partial charge on any atom is 0.204 e. The lowest BCUT2D eigenvalue weighted by Gasteiger charge is -2.10. The molecule has 6 heteroatoms. The van der Waals surface area contributed by atoms with Crippen LogP contribution >= 0.6 is 11.3 Å². The Bertz CT molecular complexity index is 1060. The summed E-state index contributed by atoms with van der Waals surface area (Å²) in [5.74, 6) is 0.0902. The molecule has 0 radical (unpaired) electrons. The van der Waals surface area contributed by atoms with E-state index >= 15 is 0 Å². The molecular formula is C21H19N3O2S. The fourth-order valence-corrected chi connectivity index (χ4v) is 3.97. The second-order valence-electron chi connectivity index (χ2n) is 6.85. The fourth-order valence-electron chi connectivity index (χ4n) is 3.16. The molecule has 5 nitrogen and oxygen atoms in total. The molecular weight excluding hydrogens is 358 g/mol. The number of nitrogens with one attached hydrogen (secondary N) is 1. The van der Waals surface area contributed by atoms with E-state index in [1.807, 2.05) is 30.3 Å². The van der Waals surface area contributed by atoms with Crippen molar-refractivity contribution in [1.82, 2.24) is 4.98 Å². The smallest absolute Gasteiger partial charge is 0.204 e. The van der Waals surface area contributed by atoms with Gasteiger partial charge in [0.15, 0.2) is 5.78 Å². The first-order chi connectivity index (χ1) is 13.0. The summed E-state index contributed by atoms with van der Waals surface area (Å²) < 4.78 is 1.06. The first-order valence-corrected chi connectivity index (χ1v) is 9.62. The first-order valence-electron chi connectivity index (χ1n) is 8.80. The van der Waals surface area contributed by atoms with Gasteiger partial charge in [0.25, 0.3) is 0 Å². The molecule has 0 unspecified atom stereocenters. The van der Waals surface area contributed by atoms with E-state index in [9.17, 15) is 9.90 Å². The molecule has 0 aliphatic heterocycles. The van der Waals surface area contributed by atoms with Crippen LogP contribution in [-0.4, -0.2) is 21.6 Å². The number of rotatable bonds is 5. The first kappa shape index (κ1) is 17.4. The quantitative estimate of drug-likeness (QED) is 0.469. The lowest BCUT2D eigenvalue weighted by molar-refractivity contribution is 0.104. The van der Waals surface area contributed by atoms with E-state index in [0.717, 1.165) is 10.2 Å². The third-order valence-corrected chi connectivity index (χ3v) is 5.30. The van der Waals surface area contributed by atoms with Crippen LogP contribution in [0.5, 0.6) is 0 Å². The lowest BCUT2D eigenvalue weighted by Crippen LogP contribution is -2.15. The van der Waals surface area contributed by atoms with Crippen molar-refractivity contribution in [3.05, 3.63) is 65.2 Å². The van der Waals surface area contributed by atoms with Gasteiger partial charge in [-0.15, -0.1) is 0 Å². The van der Waals surface area contributed by atoms with E-state index in [2.05, 4.69) is 29.4 Å². The third-order valence-electron chi connectivity index (χ3n) is 4.36. The number of hydrogen-bond donors (Lipinski definition) is 2. The van der Waals surface area contributed by atoms with E-state index in [1.165, 1.54) is 11.3 Å². The van der Waals surface area contributed by atoms with Crippen LogP contribution < -0.4 is 5.43 Å². The van der Waals surface area contributed by atoms with Gasteiger partial charge in [0.1, 0.15) is 5.76 Å². The van der Waals surface area contributed by atoms with Gasteiger partial charge in [-0.25, -0.2) is 4.98 Å². The zero-order valence-corrected chi connectivity index (χ0v) is 15.9.